The van der Waals surface area contributed by atoms with E-state index in [0.29, 0.717) is 0 Å². The van der Waals surface area contributed by atoms with Crippen molar-refractivity contribution >= 4 is 0 Å². The van der Waals surface area contributed by atoms with Gasteiger partial charge in [-0.1, -0.05) is 48.6 Å². The fourth-order valence-corrected chi connectivity index (χ4v) is 3.47. The third-order valence-corrected chi connectivity index (χ3v) is 4.76. The number of rotatable bonds is 5. The van der Waals surface area contributed by atoms with Crippen LogP contribution >= 0.6 is 0 Å². The van der Waals surface area contributed by atoms with Crippen LogP contribution in [0.25, 0.3) is 0 Å². The van der Waals surface area contributed by atoms with Gasteiger partial charge in [0.25, 0.3) is 0 Å². The summed E-state index contributed by atoms with van der Waals surface area (Å²) in [7, 11) is 0. The first-order valence-corrected chi connectivity index (χ1v) is 9.28. The number of para-hydroxylation sites is 2. The molecule has 3 heteroatoms. The lowest BCUT2D eigenvalue weighted by molar-refractivity contribution is -0.0246. The summed E-state index contributed by atoms with van der Waals surface area (Å²) in [6, 6.07) is 20.1. The lowest BCUT2D eigenvalue weighted by atomic mass is 10.0. The molecule has 26 heavy (non-hydrogen) atoms. The number of hydrogen-bond acceptors (Lipinski definition) is 3. The Kier molecular flexibility index (Phi) is 5.25. The molecule has 2 aliphatic rings. The summed E-state index contributed by atoms with van der Waals surface area (Å²) in [6.45, 7) is 0.922. The van der Waals surface area contributed by atoms with Crippen molar-refractivity contribution in [3.63, 3.8) is 0 Å². The van der Waals surface area contributed by atoms with Gasteiger partial charge in [0.2, 0.25) is 0 Å². The Morgan fingerprint density at radius 2 is 1.54 bits per heavy atom. The molecular weight excluding hydrogens is 322 g/mol. The minimum atomic E-state index is -0.0335. The minimum absolute atomic E-state index is 0.0335. The quantitative estimate of drug-likeness (QED) is 0.762. The molecule has 1 fully saturated rings. The molecule has 3 nitrogen and oxygen atoms in total. The lowest BCUT2D eigenvalue weighted by Crippen LogP contribution is -2.48. The number of likely N-dealkylation sites (tertiary alicyclic amines) is 1. The number of ether oxygens (including phenoxy) is 2. The molecule has 2 aromatic rings. The Hall–Kier alpha value is -2.68. The van der Waals surface area contributed by atoms with Crippen LogP contribution in [0.2, 0.25) is 0 Å². The van der Waals surface area contributed by atoms with Crippen molar-refractivity contribution in [3.8, 4) is 11.5 Å². The molecule has 0 bridgehead atoms. The maximum Gasteiger partial charge on any atom is 0.175 e. The Balaban J connectivity index is 1.50. The summed E-state index contributed by atoms with van der Waals surface area (Å²) in [6.07, 6.45) is 11.6. The van der Waals surface area contributed by atoms with Crippen LogP contribution in [0.3, 0.4) is 0 Å². The van der Waals surface area contributed by atoms with E-state index in [1.54, 1.807) is 0 Å². The molecule has 4 rings (SSSR count). The Morgan fingerprint density at radius 3 is 2.19 bits per heavy atom. The highest BCUT2D eigenvalue weighted by Gasteiger charge is 2.32. The second kappa shape index (κ2) is 8.13. The fourth-order valence-electron chi connectivity index (χ4n) is 3.47. The molecule has 2 atom stereocenters. The molecule has 2 unspecified atom stereocenters. The third kappa shape index (κ3) is 4.10. The Labute approximate surface area is 155 Å². The van der Waals surface area contributed by atoms with Crippen molar-refractivity contribution in [2.24, 2.45) is 0 Å². The maximum atomic E-state index is 6.35. The van der Waals surface area contributed by atoms with Crippen molar-refractivity contribution < 1.29 is 9.47 Å². The van der Waals surface area contributed by atoms with Gasteiger partial charge in [0.1, 0.15) is 17.6 Å². The first-order chi connectivity index (χ1) is 12.9. The molecule has 1 radical (unpaired) electrons. The second-order valence-electron chi connectivity index (χ2n) is 6.62. The van der Waals surface area contributed by atoms with E-state index in [0.717, 1.165) is 37.3 Å². The van der Waals surface area contributed by atoms with E-state index in [1.807, 2.05) is 60.7 Å². The summed E-state index contributed by atoms with van der Waals surface area (Å²) in [5, 5.41) is 0. The zero-order valence-electron chi connectivity index (χ0n) is 14.8. The Morgan fingerprint density at radius 1 is 0.846 bits per heavy atom. The molecular formula is C23H24NO2. The summed E-state index contributed by atoms with van der Waals surface area (Å²) in [4.78, 5) is 2.36. The van der Waals surface area contributed by atoms with Gasteiger partial charge in [0.05, 0.1) is 0 Å². The van der Waals surface area contributed by atoms with Gasteiger partial charge < -0.3 is 14.4 Å². The molecule has 0 N–H and O–H groups in total. The molecule has 1 heterocycles. The highest BCUT2D eigenvalue weighted by atomic mass is 16.5. The summed E-state index contributed by atoms with van der Waals surface area (Å²) in [5.74, 6) is 1.82. The number of piperidine rings is 1. The van der Waals surface area contributed by atoms with Crippen LogP contribution in [-0.2, 0) is 0 Å². The van der Waals surface area contributed by atoms with Crippen molar-refractivity contribution in [2.75, 3.05) is 6.54 Å². The van der Waals surface area contributed by atoms with Gasteiger partial charge in [-0.2, -0.15) is 0 Å². The van der Waals surface area contributed by atoms with Crippen LogP contribution in [0.1, 0.15) is 19.3 Å². The van der Waals surface area contributed by atoms with E-state index >= 15 is 0 Å². The standard InChI is InChI=1S/C23H24NO2/c1-4-10-19(11-5-1)24-17-16-22(25-20-12-6-2-7-13-20)18-23(24)26-21-14-8-3-9-15-21/h1-4,6-15,22-23H,5,16-18H2. The molecule has 0 amide bonds. The summed E-state index contributed by atoms with van der Waals surface area (Å²) < 4.78 is 12.6. The molecule has 1 aliphatic carbocycles. The molecule has 1 aliphatic heterocycles. The van der Waals surface area contributed by atoms with Crippen molar-refractivity contribution in [1.82, 2.24) is 4.90 Å². The number of nitrogens with zero attached hydrogens (tertiary/aromatic N) is 1. The SMILES string of the molecule is [CH]1CC=CC=C1N1CCC(Oc2ccccc2)CC1Oc1ccccc1. The van der Waals surface area contributed by atoms with E-state index in [2.05, 4.69) is 29.5 Å². The largest absolute Gasteiger partial charge is 0.490 e. The first kappa shape index (κ1) is 16.8. The monoisotopic (exact) mass is 346 g/mol. The summed E-state index contributed by atoms with van der Waals surface area (Å²) >= 11 is 0. The fraction of sp³-hybridized carbons (Fsp3) is 0.261. The van der Waals surface area contributed by atoms with Crippen molar-refractivity contribution in [2.45, 2.75) is 31.6 Å². The van der Waals surface area contributed by atoms with Gasteiger partial charge in [-0.05, 0) is 36.8 Å². The highest BCUT2D eigenvalue weighted by molar-refractivity contribution is 5.27. The average molecular weight is 346 g/mol. The topological polar surface area (TPSA) is 21.7 Å². The van der Waals surface area contributed by atoms with Crippen molar-refractivity contribution in [3.05, 3.63) is 91.0 Å². The van der Waals surface area contributed by atoms with Crippen LogP contribution in [0, 0.1) is 6.42 Å². The molecule has 1 saturated heterocycles. The maximum absolute atomic E-state index is 6.35. The molecule has 133 valence electrons. The number of benzene rings is 2. The number of allylic oxidation sites excluding steroid dienone is 4. The first-order valence-electron chi connectivity index (χ1n) is 9.28. The summed E-state index contributed by atoms with van der Waals surface area (Å²) in [5.41, 5.74) is 1.24. The van der Waals surface area contributed by atoms with Gasteiger partial charge in [-0.25, -0.2) is 0 Å². The number of hydrogen-bond donors (Lipinski definition) is 0. The smallest absolute Gasteiger partial charge is 0.175 e. The average Bonchev–Trinajstić information content (AvgIpc) is 2.70. The lowest BCUT2D eigenvalue weighted by Gasteiger charge is -2.42. The van der Waals surface area contributed by atoms with E-state index in [4.69, 9.17) is 9.47 Å². The highest BCUT2D eigenvalue weighted by Crippen LogP contribution is 2.29. The van der Waals surface area contributed by atoms with Gasteiger partial charge in [0.15, 0.2) is 6.23 Å². The van der Waals surface area contributed by atoms with E-state index in [-0.39, 0.29) is 12.3 Å². The van der Waals surface area contributed by atoms with Crippen LogP contribution in [0.4, 0.5) is 0 Å². The van der Waals surface area contributed by atoms with Gasteiger partial charge in [-0.15, -0.1) is 0 Å². The zero-order valence-corrected chi connectivity index (χ0v) is 14.8. The van der Waals surface area contributed by atoms with Gasteiger partial charge in [-0.3, -0.25) is 0 Å². The van der Waals surface area contributed by atoms with E-state index < -0.39 is 0 Å². The third-order valence-electron chi connectivity index (χ3n) is 4.76. The molecule has 0 aromatic heterocycles. The van der Waals surface area contributed by atoms with Crippen LogP contribution in [0.5, 0.6) is 11.5 Å². The minimum Gasteiger partial charge on any atom is -0.490 e. The predicted molar refractivity (Wildman–Crippen MR) is 104 cm³/mol. The van der Waals surface area contributed by atoms with Gasteiger partial charge in [0, 0.05) is 31.5 Å². The zero-order chi connectivity index (χ0) is 17.6. The van der Waals surface area contributed by atoms with E-state index in [9.17, 15) is 0 Å². The van der Waals surface area contributed by atoms with Crippen LogP contribution < -0.4 is 9.47 Å². The van der Waals surface area contributed by atoms with Crippen molar-refractivity contribution in [1.29, 1.82) is 0 Å². The van der Waals surface area contributed by atoms with Gasteiger partial charge >= 0.3 is 0 Å². The van der Waals surface area contributed by atoms with Crippen LogP contribution in [-0.4, -0.2) is 23.8 Å². The molecule has 2 aromatic carbocycles. The molecule has 0 saturated carbocycles. The molecule has 0 spiro atoms. The normalized spacial score (nSPS) is 22.6. The Bertz CT molecular complexity index is 754. The van der Waals surface area contributed by atoms with E-state index in [1.165, 1.54) is 5.70 Å². The second-order valence-corrected chi connectivity index (χ2v) is 6.62. The van der Waals surface area contributed by atoms with Crippen LogP contribution in [0.15, 0.2) is 84.6 Å². The predicted octanol–water partition coefficient (Wildman–Crippen LogP) is 4.98.